The largest absolute Gasteiger partial charge is 0.490 e. The first-order chi connectivity index (χ1) is 9.70. The second-order valence-corrected chi connectivity index (χ2v) is 3.88. The summed E-state index contributed by atoms with van der Waals surface area (Å²) in [4.78, 5) is 0. The van der Waals surface area contributed by atoms with Crippen molar-refractivity contribution in [2.75, 3.05) is 13.2 Å². The van der Waals surface area contributed by atoms with E-state index in [-0.39, 0.29) is 19.0 Å². The van der Waals surface area contributed by atoms with Crippen LogP contribution in [0.1, 0.15) is 5.56 Å². The van der Waals surface area contributed by atoms with Crippen LogP contribution in [0.2, 0.25) is 0 Å². The van der Waals surface area contributed by atoms with Crippen molar-refractivity contribution in [2.45, 2.75) is 0 Å². The van der Waals surface area contributed by atoms with E-state index in [1.54, 1.807) is 24.3 Å². The molecule has 0 saturated carbocycles. The molecule has 20 heavy (non-hydrogen) atoms. The zero-order chi connectivity index (χ0) is 14.4. The standard InChI is InChI=1S/C15H11F2NO2/c16-13-6-5-12(9-14(13)17)19-7-8-20-15-4-2-1-3-11(15)10-18/h1-6,9H,7-8H2. The van der Waals surface area contributed by atoms with E-state index in [4.69, 9.17) is 14.7 Å². The van der Waals surface area contributed by atoms with Gasteiger partial charge in [0.15, 0.2) is 11.6 Å². The number of benzene rings is 2. The Kier molecular flexibility index (Phi) is 4.51. The first-order valence-electron chi connectivity index (χ1n) is 5.90. The molecule has 5 heteroatoms. The van der Waals surface area contributed by atoms with Gasteiger partial charge in [0.25, 0.3) is 0 Å². The summed E-state index contributed by atoms with van der Waals surface area (Å²) in [7, 11) is 0. The highest BCUT2D eigenvalue weighted by molar-refractivity contribution is 5.42. The number of hydrogen-bond acceptors (Lipinski definition) is 3. The Labute approximate surface area is 115 Å². The topological polar surface area (TPSA) is 42.2 Å². The molecule has 3 nitrogen and oxygen atoms in total. The van der Waals surface area contributed by atoms with E-state index in [0.29, 0.717) is 11.3 Å². The quantitative estimate of drug-likeness (QED) is 0.786. The third kappa shape index (κ3) is 3.45. The first-order valence-corrected chi connectivity index (χ1v) is 5.90. The SMILES string of the molecule is N#Cc1ccccc1OCCOc1ccc(F)c(F)c1. The molecule has 102 valence electrons. The molecule has 0 spiro atoms. The van der Waals surface area contributed by atoms with Crippen molar-refractivity contribution in [2.24, 2.45) is 0 Å². The number of nitriles is 1. The van der Waals surface area contributed by atoms with Crippen molar-refractivity contribution < 1.29 is 18.3 Å². The van der Waals surface area contributed by atoms with Crippen LogP contribution in [0.5, 0.6) is 11.5 Å². The molecule has 0 heterocycles. The van der Waals surface area contributed by atoms with Crippen LogP contribution in [-0.4, -0.2) is 13.2 Å². The summed E-state index contributed by atoms with van der Waals surface area (Å²) in [6, 6.07) is 12.1. The Morgan fingerprint density at radius 3 is 2.45 bits per heavy atom. The summed E-state index contributed by atoms with van der Waals surface area (Å²) in [5.41, 5.74) is 0.431. The molecule has 0 amide bonds. The normalized spacial score (nSPS) is 9.85. The molecule has 0 atom stereocenters. The molecule has 0 aromatic heterocycles. The van der Waals surface area contributed by atoms with Gasteiger partial charge in [0.1, 0.15) is 30.8 Å². The van der Waals surface area contributed by atoms with Gasteiger partial charge in [-0.2, -0.15) is 5.26 Å². The minimum absolute atomic E-state index is 0.158. The minimum Gasteiger partial charge on any atom is -0.490 e. The predicted octanol–water partition coefficient (Wildman–Crippen LogP) is 3.29. The maximum absolute atomic E-state index is 12.9. The summed E-state index contributed by atoms with van der Waals surface area (Å²) in [6.45, 7) is 0.350. The zero-order valence-corrected chi connectivity index (χ0v) is 10.5. The van der Waals surface area contributed by atoms with E-state index < -0.39 is 11.6 Å². The van der Waals surface area contributed by atoms with Crippen molar-refractivity contribution in [1.82, 2.24) is 0 Å². The van der Waals surface area contributed by atoms with E-state index >= 15 is 0 Å². The van der Waals surface area contributed by atoms with Gasteiger partial charge in [0.2, 0.25) is 0 Å². The number of rotatable bonds is 5. The monoisotopic (exact) mass is 275 g/mol. The van der Waals surface area contributed by atoms with Gasteiger partial charge in [-0.3, -0.25) is 0 Å². The van der Waals surface area contributed by atoms with Crippen molar-refractivity contribution in [3.63, 3.8) is 0 Å². The van der Waals surface area contributed by atoms with Crippen LogP contribution >= 0.6 is 0 Å². The minimum atomic E-state index is -0.960. The number of ether oxygens (including phenoxy) is 2. The maximum Gasteiger partial charge on any atom is 0.162 e. The smallest absolute Gasteiger partial charge is 0.162 e. The Balaban J connectivity index is 1.85. The van der Waals surface area contributed by atoms with E-state index in [0.717, 1.165) is 12.1 Å². The summed E-state index contributed by atoms with van der Waals surface area (Å²) < 4.78 is 36.2. The highest BCUT2D eigenvalue weighted by Gasteiger charge is 2.04. The van der Waals surface area contributed by atoms with Gasteiger partial charge < -0.3 is 9.47 Å². The van der Waals surface area contributed by atoms with Gasteiger partial charge in [0, 0.05) is 6.07 Å². The van der Waals surface area contributed by atoms with Crippen molar-refractivity contribution >= 4 is 0 Å². The van der Waals surface area contributed by atoms with Crippen LogP contribution in [-0.2, 0) is 0 Å². The fourth-order valence-corrected chi connectivity index (χ4v) is 1.56. The molecule has 0 aliphatic heterocycles. The molecule has 0 radical (unpaired) electrons. The molecule has 0 bridgehead atoms. The van der Waals surface area contributed by atoms with Gasteiger partial charge in [-0.15, -0.1) is 0 Å². The van der Waals surface area contributed by atoms with Crippen molar-refractivity contribution in [3.8, 4) is 17.6 Å². The van der Waals surface area contributed by atoms with E-state index in [1.165, 1.54) is 6.07 Å². The first kappa shape index (κ1) is 13.8. The molecule has 0 aliphatic rings. The maximum atomic E-state index is 12.9. The summed E-state index contributed by atoms with van der Waals surface area (Å²) in [5.74, 6) is -1.19. The Bertz CT molecular complexity index is 638. The van der Waals surface area contributed by atoms with Gasteiger partial charge in [-0.05, 0) is 24.3 Å². The highest BCUT2D eigenvalue weighted by atomic mass is 19.2. The Morgan fingerprint density at radius 1 is 0.950 bits per heavy atom. The summed E-state index contributed by atoms with van der Waals surface area (Å²) in [6.07, 6.45) is 0. The molecular formula is C15H11F2NO2. The van der Waals surface area contributed by atoms with Crippen LogP contribution in [0.15, 0.2) is 42.5 Å². The van der Waals surface area contributed by atoms with Gasteiger partial charge in [-0.1, -0.05) is 12.1 Å². The lowest BCUT2D eigenvalue weighted by Crippen LogP contribution is -2.09. The Hall–Kier alpha value is -2.61. The molecule has 0 N–H and O–H groups in total. The van der Waals surface area contributed by atoms with E-state index in [1.807, 2.05) is 6.07 Å². The van der Waals surface area contributed by atoms with Crippen LogP contribution in [0.3, 0.4) is 0 Å². The Morgan fingerprint density at radius 2 is 1.70 bits per heavy atom. The number of para-hydroxylation sites is 1. The summed E-state index contributed by atoms with van der Waals surface area (Å²) >= 11 is 0. The second-order valence-electron chi connectivity index (χ2n) is 3.88. The lowest BCUT2D eigenvalue weighted by molar-refractivity contribution is 0.216. The molecule has 2 aromatic carbocycles. The zero-order valence-electron chi connectivity index (χ0n) is 10.5. The molecule has 0 aliphatic carbocycles. The number of hydrogen-bond donors (Lipinski definition) is 0. The van der Waals surface area contributed by atoms with E-state index in [2.05, 4.69) is 0 Å². The van der Waals surface area contributed by atoms with Crippen molar-refractivity contribution in [1.29, 1.82) is 5.26 Å². The van der Waals surface area contributed by atoms with Gasteiger partial charge in [0.05, 0.1) is 5.56 Å². The lowest BCUT2D eigenvalue weighted by Gasteiger charge is -2.09. The fourth-order valence-electron chi connectivity index (χ4n) is 1.56. The highest BCUT2D eigenvalue weighted by Crippen LogP contribution is 2.17. The van der Waals surface area contributed by atoms with E-state index in [9.17, 15) is 8.78 Å². The van der Waals surface area contributed by atoms with Gasteiger partial charge >= 0.3 is 0 Å². The average Bonchev–Trinajstić information content (AvgIpc) is 2.47. The van der Waals surface area contributed by atoms with Gasteiger partial charge in [-0.25, -0.2) is 8.78 Å². The van der Waals surface area contributed by atoms with Crippen LogP contribution in [0.25, 0.3) is 0 Å². The fraction of sp³-hybridized carbons (Fsp3) is 0.133. The lowest BCUT2D eigenvalue weighted by atomic mass is 10.2. The summed E-state index contributed by atoms with van der Waals surface area (Å²) in [5, 5.41) is 8.87. The van der Waals surface area contributed by atoms with Crippen LogP contribution < -0.4 is 9.47 Å². The van der Waals surface area contributed by atoms with Crippen LogP contribution in [0, 0.1) is 23.0 Å². The van der Waals surface area contributed by atoms with Crippen LogP contribution in [0.4, 0.5) is 8.78 Å². The molecule has 0 saturated heterocycles. The second kappa shape index (κ2) is 6.53. The number of halogens is 2. The third-order valence-electron chi connectivity index (χ3n) is 2.51. The van der Waals surface area contributed by atoms with Crippen molar-refractivity contribution in [3.05, 3.63) is 59.7 Å². The molecule has 0 unspecified atom stereocenters. The average molecular weight is 275 g/mol. The molecular weight excluding hydrogens is 264 g/mol. The molecule has 2 aromatic rings. The molecule has 0 fully saturated rings. The third-order valence-corrected chi connectivity index (χ3v) is 2.51. The molecule has 2 rings (SSSR count). The number of nitrogens with zero attached hydrogens (tertiary/aromatic N) is 1. The predicted molar refractivity (Wildman–Crippen MR) is 68.5 cm³/mol.